The highest BCUT2D eigenvalue weighted by Gasteiger charge is 2.08. The molecular formula is C15H20BrN3O. The average Bonchev–Trinajstić information content (AvgIpc) is 2.87. The summed E-state index contributed by atoms with van der Waals surface area (Å²) in [6, 6.07) is 8.07. The summed E-state index contributed by atoms with van der Waals surface area (Å²) in [6.07, 6.45) is 2.97. The first-order chi connectivity index (χ1) is 9.74. The summed E-state index contributed by atoms with van der Waals surface area (Å²) in [5.41, 5.74) is 2.29. The van der Waals surface area contributed by atoms with Crippen molar-refractivity contribution in [2.75, 3.05) is 13.7 Å². The van der Waals surface area contributed by atoms with E-state index in [-0.39, 0.29) is 0 Å². The molecule has 0 amide bonds. The van der Waals surface area contributed by atoms with Crippen molar-refractivity contribution in [3.63, 3.8) is 0 Å². The summed E-state index contributed by atoms with van der Waals surface area (Å²) >= 11 is 3.50. The van der Waals surface area contributed by atoms with Gasteiger partial charge >= 0.3 is 0 Å². The molecule has 0 spiro atoms. The van der Waals surface area contributed by atoms with E-state index in [2.05, 4.69) is 39.3 Å². The number of hydrogen-bond acceptors (Lipinski definition) is 3. The molecule has 0 bridgehead atoms. The quantitative estimate of drug-likeness (QED) is 0.788. The zero-order valence-corrected chi connectivity index (χ0v) is 13.5. The van der Waals surface area contributed by atoms with Gasteiger partial charge in [-0.05, 0) is 37.2 Å². The molecule has 0 radical (unpaired) electrons. The van der Waals surface area contributed by atoms with E-state index in [9.17, 15) is 0 Å². The van der Waals surface area contributed by atoms with E-state index in [1.165, 1.54) is 5.69 Å². The van der Waals surface area contributed by atoms with Crippen LogP contribution >= 0.6 is 15.9 Å². The highest BCUT2D eigenvalue weighted by molar-refractivity contribution is 9.10. The van der Waals surface area contributed by atoms with E-state index in [4.69, 9.17) is 4.74 Å². The fraction of sp³-hybridized carbons (Fsp3) is 0.400. The van der Waals surface area contributed by atoms with Crippen molar-refractivity contribution in [1.29, 1.82) is 0 Å². The maximum absolute atomic E-state index is 5.41. The van der Waals surface area contributed by atoms with Gasteiger partial charge in [-0.1, -0.05) is 22.9 Å². The minimum absolute atomic E-state index is 0.707. The van der Waals surface area contributed by atoms with Crippen molar-refractivity contribution in [2.45, 2.75) is 26.4 Å². The number of aromatic nitrogens is 2. The lowest BCUT2D eigenvalue weighted by Gasteiger charge is -2.12. The van der Waals surface area contributed by atoms with Gasteiger partial charge in [0.05, 0.1) is 19.3 Å². The molecule has 0 aliphatic rings. The Kier molecular flexibility index (Phi) is 5.61. The predicted octanol–water partition coefficient (Wildman–Crippen LogP) is 3.20. The lowest BCUT2D eigenvalue weighted by atomic mass is 10.2. The monoisotopic (exact) mass is 337 g/mol. The Bertz CT molecular complexity index is 554. The number of hydrogen-bond donors (Lipinski definition) is 1. The van der Waals surface area contributed by atoms with Gasteiger partial charge in [0.25, 0.3) is 0 Å². The van der Waals surface area contributed by atoms with E-state index < -0.39 is 0 Å². The average molecular weight is 338 g/mol. The van der Waals surface area contributed by atoms with Gasteiger partial charge in [0.2, 0.25) is 0 Å². The third-order valence-corrected chi connectivity index (χ3v) is 3.59. The van der Waals surface area contributed by atoms with Gasteiger partial charge in [0, 0.05) is 22.8 Å². The minimum Gasteiger partial charge on any atom is -0.496 e. The second-order valence-corrected chi connectivity index (χ2v) is 5.53. The molecule has 0 saturated carbocycles. The molecule has 4 nitrogen and oxygen atoms in total. The highest BCUT2D eigenvalue weighted by Crippen LogP contribution is 2.24. The van der Waals surface area contributed by atoms with Gasteiger partial charge < -0.3 is 10.1 Å². The van der Waals surface area contributed by atoms with Gasteiger partial charge in [-0.2, -0.15) is 5.10 Å². The molecule has 1 N–H and O–H groups in total. The Labute approximate surface area is 128 Å². The number of nitrogens with zero attached hydrogens (tertiary/aromatic N) is 2. The van der Waals surface area contributed by atoms with Crippen LogP contribution in [0, 0.1) is 0 Å². The zero-order valence-electron chi connectivity index (χ0n) is 11.9. The largest absolute Gasteiger partial charge is 0.496 e. The van der Waals surface area contributed by atoms with Crippen LogP contribution in [0.5, 0.6) is 5.75 Å². The molecule has 20 heavy (non-hydrogen) atoms. The normalized spacial score (nSPS) is 10.8. The topological polar surface area (TPSA) is 39.1 Å². The number of benzene rings is 1. The van der Waals surface area contributed by atoms with Crippen molar-refractivity contribution in [1.82, 2.24) is 15.1 Å². The van der Waals surface area contributed by atoms with Crippen LogP contribution in [0.15, 0.2) is 34.9 Å². The Hall–Kier alpha value is -1.33. The molecule has 0 fully saturated rings. The SMILES string of the molecule is CCCNCc1ccnn1Cc1cc(Br)ccc1OC. The molecule has 0 aliphatic carbocycles. The maximum atomic E-state index is 5.41. The zero-order chi connectivity index (χ0) is 14.4. The molecule has 0 atom stereocenters. The van der Waals surface area contributed by atoms with E-state index in [0.29, 0.717) is 6.54 Å². The van der Waals surface area contributed by atoms with Crippen molar-refractivity contribution >= 4 is 15.9 Å². The van der Waals surface area contributed by atoms with Gasteiger partial charge in [0.15, 0.2) is 0 Å². The number of ether oxygens (including phenoxy) is 1. The molecule has 108 valence electrons. The van der Waals surface area contributed by atoms with Crippen LogP contribution in [0.4, 0.5) is 0 Å². The van der Waals surface area contributed by atoms with E-state index >= 15 is 0 Å². The highest BCUT2D eigenvalue weighted by atomic mass is 79.9. The van der Waals surface area contributed by atoms with Crippen LogP contribution in [0.25, 0.3) is 0 Å². The second kappa shape index (κ2) is 7.45. The second-order valence-electron chi connectivity index (χ2n) is 4.61. The lowest BCUT2D eigenvalue weighted by Crippen LogP contribution is -2.18. The van der Waals surface area contributed by atoms with E-state index in [1.807, 2.05) is 29.1 Å². The van der Waals surface area contributed by atoms with Crippen molar-refractivity contribution in [3.05, 3.63) is 46.2 Å². The number of methoxy groups -OCH3 is 1. The Morgan fingerprint density at radius 1 is 1.35 bits per heavy atom. The van der Waals surface area contributed by atoms with Gasteiger partial charge in [-0.15, -0.1) is 0 Å². The first kappa shape index (κ1) is 15.1. The fourth-order valence-electron chi connectivity index (χ4n) is 2.08. The van der Waals surface area contributed by atoms with Gasteiger partial charge in [0.1, 0.15) is 5.75 Å². The molecule has 1 aromatic carbocycles. The molecule has 2 rings (SSSR count). The smallest absolute Gasteiger partial charge is 0.124 e. The summed E-state index contributed by atoms with van der Waals surface area (Å²) < 4.78 is 8.46. The number of nitrogens with one attached hydrogen (secondary N) is 1. The first-order valence-corrected chi connectivity index (χ1v) is 7.57. The summed E-state index contributed by atoms with van der Waals surface area (Å²) in [6.45, 7) is 4.73. The summed E-state index contributed by atoms with van der Waals surface area (Å²) in [5, 5.41) is 7.80. The fourth-order valence-corrected chi connectivity index (χ4v) is 2.49. The van der Waals surface area contributed by atoms with Gasteiger partial charge in [-0.25, -0.2) is 0 Å². The summed E-state index contributed by atoms with van der Waals surface area (Å²) in [4.78, 5) is 0. The molecule has 2 aromatic rings. The lowest BCUT2D eigenvalue weighted by molar-refractivity contribution is 0.406. The van der Waals surface area contributed by atoms with Crippen LogP contribution in [-0.4, -0.2) is 23.4 Å². The predicted molar refractivity (Wildman–Crippen MR) is 84.0 cm³/mol. The molecule has 1 aromatic heterocycles. The molecule has 0 saturated heterocycles. The molecule has 5 heteroatoms. The van der Waals surface area contributed by atoms with Crippen LogP contribution in [0.1, 0.15) is 24.6 Å². The van der Waals surface area contributed by atoms with Crippen molar-refractivity contribution < 1.29 is 4.74 Å². The van der Waals surface area contributed by atoms with Crippen molar-refractivity contribution in [2.24, 2.45) is 0 Å². The van der Waals surface area contributed by atoms with E-state index in [0.717, 1.165) is 35.3 Å². The van der Waals surface area contributed by atoms with Crippen LogP contribution < -0.4 is 10.1 Å². The Morgan fingerprint density at radius 2 is 2.20 bits per heavy atom. The first-order valence-electron chi connectivity index (χ1n) is 6.78. The van der Waals surface area contributed by atoms with Crippen LogP contribution in [0.2, 0.25) is 0 Å². The van der Waals surface area contributed by atoms with Gasteiger partial charge in [-0.3, -0.25) is 4.68 Å². The summed E-state index contributed by atoms with van der Waals surface area (Å²) in [7, 11) is 1.69. The summed E-state index contributed by atoms with van der Waals surface area (Å²) in [5.74, 6) is 0.885. The maximum Gasteiger partial charge on any atom is 0.124 e. The van der Waals surface area contributed by atoms with Crippen molar-refractivity contribution in [3.8, 4) is 5.75 Å². The molecular weight excluding hydrogens is 318 g/mol. The standard InChI is InChI=1S/C15H20BrN3O/c1-3-7-17-10-14-6-8-18-19(14)11-12-9-13(16)4-5-15(12)20-2/h4-6,8-9,17H,3,7,10-11H2,1-2H3. The number of rotatable bonds is 7. The Balaban J connectivity index is 2.14. The molecule has 0 unspecified atom stereocenters. The van der Waals surface area contributed by atoms with E-state index in [1.54, 1.807) is 7.11 Å². The third kappa shape index (κ3) is 3.84. The molecule has 1 heterocycles. The Morgan fingerprint density at radius 3 is 2.95 bits per heavy atom. The number of halogens is 1. The minimum atomic E-state index is 0.707. The third-order valence-electron chi connectivity index (χ3n) is 3.10. The van der Waals surface area contributed by atoms with Crippen LogP contribution in [0.3, 0.4) is 0 Å². The van der Waals surface area contributed by atoms with Crippen LogP contribution in [-0.2, 0) is 13.1 Å². The molecule has 0 aliphatic heterocycles.